The highest BCUT2D eigenvalue weighted by atomic mass is 79.9. The number of hydrogen-bond donors (Lipinski definition) is 0. The van der Waals surface area contributed by atoms with Gasteiger partial charge in [0.15, 0.2) is 0 Å². The van der Waals surface area contributed by atoms with Crippen molar-refractivity contribution in [2.45, 2.75) is 32.6 Å². The Balaban J connectivity index is 2.23. The molecule has 0 unspecified atom stereocenters. The first-order chi connectivity index (χ1) is 10.4. The molecule has 0 amide bonds. The average Bonchev–Trinajstić information content (AvgIpc) is 2.46. The van der Waals surface area contributed by atoms with E-state index in [1.54, 1.807) is 6.20 Å². The van der Waals surface area contributed by atoms with Crippen molar-refractivity contribution in [1.82, 2.24) is 9.97 Å². The van der Waals surface area contributed by atoms with Gasteiger partial charge in [-0.1, -0.05) is 61.0 Å². The van der Waals surface area contributed by atoms with Gasteiger partial charge in [0.25, 0.3) is 0 Å². The molecular weight excluding hydrogens is 362 g/mol. The second-order valence-electron chi connectivity index (χ2n) is 6.55. The average molecular weight is 383 g/mol. The lowest BCUT2D eigenvalue weighted by Crippen LogP contribution is -2.33. The predicted octanol–water partition coefficient (Wildman–Crippen LogP) is 5.08. The third-order valence-electron chi connectivity index (χ3n) is 3.15. The number of anilines is 1. The summed E-state index contributed by atoms with van der Waals surface area (Å²) in [5, 5.41) is 1.16. The Labute approximate surface area is 145 Å². The molecule has 2 rings (SSSR count). The summed E-state index contributed by atoms with van der Waals surface area (Å²) < 4.78 is 0. The normalized spacial score (nSPS) is 11.5. The van der Waals surface area contributed by atoms with Gasteiger partial charge in [0.1, 0.15) is 5.82 Å². The lowest BCUT2D eigenvalue weighted by atomic mass is 9.95. The standard InChI is InChI=1S/C17H21BrClN3/c1-17(2,3)12-22(15-8-9-20-16(19)21-15)11-14-6-4-13(10-18)5-7-14/h4-9H,10-12H2,1-3H3. The van der Waals surface area contributed by atoms with E-state index in [0.717, 1.165) is 24.2 Å². The third kappa shape index (κ3) is 5.25. The first-order valence-corrected chi connectivity index (χ1v) is 8.74. The molecule has 2 aromatic rings. The highest BCUT2D eigenvalue weighted by Gasteiger charge is 2.18. The van der Waals surface area contributed by atoms with Crippen LogP contribution in [-0.2, 0) is 11.9 Å². The first kappa shape index (κ1) is 17.2. The topological polar surface area (TPSA) is 29.0 Å². The quantitative estimate of drug-likeness (QED) is 0.533. The van der Waals surface area contributed by atoms with Crippen LogP contribution in [0.3, 0.4) is 0 Å². The van der Waals surface area contributed by atoms with Crippen LogP contribution in [0.2, 0.25) is 5.28 Å². The summed E-state index contributed by atoms with van der Waals surface area (Å²) >= 11 is 9.42. The summed E-state index contributed by atoms with van der Waals surface area (Å²) in [6, 6.07) is 10.5. The number of aromatic nitrogens is 2. The Kier molecular flexibility index (Phi) is 5.81. The van der Waals surface area contributed by atoms with Crippen molar-refractivity contribution in [2.24, 2.45) is 5.41 Å². The molecule has 5 heteroatoms. The molecule has 0 spiro atoms. The molecule has 0 atom stereocenters. The molecule has 3 nitrogen and oxygen atoms in total. The molecule has 118 valence electrons. The predicted molar refractivity (Wildman–Crippen MR) is 96.6 cm³/mol. The van der Waals surface area contributed by atoms with Gasteiger partial charge in [0.05, 0.1) is 0 Å². The fourth-order valence-electron chi connectivity index (χ4n) is 2.25. The molecule has 1 aromatic carbocycles. The van der Waals surface area contributed by atoms with Gasteiger partial charge in [-0.3, -0.25) is 0 Å². The van der Waals surface area contributed by atoms with Crippen LogP contribution in [-0.4, -0.2) is 16.5 Å². The molecule has 22 heavy (non-hydrogen) atoms. The van der Waals surface area contributed by atoms with E-state index < -0.39 is 0 Å². The van der Waals surface area contributed by atoms with Crippen molar-refractivity contribution < 1.29 is 0 Å². The summed E-state index contributed by atoms with van der Waals surface area (Å²) in [5.41, 5.74) is 2.69. The van der Waals surface area contributed by atoms with Gasteiger partial charge in [-0.15, -0.1) is 0 Å². The number of hydrogen-bond acceptors (Lipinski definition) is 3. The monoisotopic (exact) mass is 381 g/mol. The largest absolute Gasteiger partial charge is 0.352 e. The van der Waals surface area contributed by atoms with Gasteiger partial charge < -0.3 is 4.90 Å². The third-order valence-corrected chi connectivity index (χ3v) is 3.98. The van der Waals surface area contributed by atoms with Crippen molar-refractivity contribution in [2.75, 3.05) is 11.4 Å². The van der Waals surface area contributed by atoms with E-state index in [4.69, 9.17) is 11.6 Å². The first-order valence-electron chi connectivity index (χ1n) is 7.25. The van der Waals surface area contributed by atoms with Crippen molar-refractivity contribution in [1.29, 1.82) is 0 Å². The lowest BCUT2D eigenvalue weighted by Gasteiger charge is -2.31. The van der Waals surface area contributed by atoms with E-state index in [0.29, 0.717) is 0 Å². The molecule has 0 N–H and O–H groups in total. The molecule has 0 radical (unpaired) electrons. The van der Waals surface area contributed by atoms with Gasteiger partial charge in [-0.2, -0.15) is 0 Å². The van der Waals surface area contributed by atoms with Gasteiger partial charge in [-0.05, 0) is 34.2 Å². The van der Waals surface area contributed by atoms with Crippen molar-refractivity contribution in [3.05, 3.63) is 52.9 Å². The maximum absolute atomic E-state index is 5.95. The Morgan fingerprint density at radius 2 is 1.73 bits per heavy atom. The van der Waals surface area contributed by atoms with Crippen LogP contribution >= 0.6 is 27.5 Å². The highest BCUT2D eigenvalue weighted by Crippen LogP contribution is 2.23. The van der Waals surface area contributed by atoms with E-state index in [1.807, 2.05) is 6.07 Å². The number of alkyl halides is 1. The van der Waals surface area contributed by atoms with Crippen LogP contribution in [0.25, 0.3) is 0 Å². The second kappa shape index (κ2) is 7.42. The molecule has 1 heterocycles. The van der Waals surface area contributed by atoms with Crippen LogP contribution in [0.1, 0.15) is 31.9 Å². The molecule has 0 aliphatic heterocycles. The minimum atomic E-state index is 0.160. The maximum Gasteiger partial charge on any atom is 0.224 e. The highest BCUT2D eigenvalue weighted by molar-refractivity contribution is 9.08. The van der Waals surface area contributed by atoms with E-state index in [1.165, 1.54) is 11.1 Å². The summed E-state index contributed by atoms with van der Waals surface area (Å²) in [6.45, 7) is 8.35. The Bertz CT molecular complexity index is 608. The summed E-state index contributed by atoms with van der Waals surface area (Å²) in [4.78, 5) is 10.6. The van der Waals surface area contributed by atoms with Crippen molar-refractivity contribution in [3.63, 3.8) is 0 Å². The van der Waals surface area contributed by atoms with E-state index in [-0.39, 0.29) is 10.7 Å². The van der Waals surface area contributed by atoms with Gasteiger partial charge in [0, 0.05) is 24.6 Å². The molecule has 0 bridgehead atoms. The van der Waals surface area contributed by atoms with Crippen LogP contribution in [0, 0.1) is 5.41 Å². The minimum Gasteiger partial charge on any atom is -0.352 e. The van der Waals surface area contributed by atoms with E-state index >= 15 is 0 Å². The maximum atomic E-state index is 5.95. The van der Waals surface area contributed by atoms with Crippen molar-refractivity contribution in [3.8, 4) is 0 Å². The smallest absolute Gasteiger partial charge is 0.224 e. The van der Waals surface area contributed by atoms with Gasteiger partial charge >= 0.3 is 0 Å². The Morgan fingerprint density at radius 3 is 2.27 bits per heavy atom. The minimum absolute atomic E-state index is 0.160. The number of nitrogens with zero attached hydrogens (tertiary/aromatic N) is 3. The Morgan fingerprint density at radius 1 is 1.09 bits per heavy atom. The molecule has 0 saturated carbocycles. The van der Waals surface area contributed by atoms with Crippen molar-refractivity contribution >= 4 is 33.3 Å². The summed E-state index contributed by atoms with van der Waals surface area (Å²) in [7, 11) is 0. The SMILES string of the molecule is CC(C)(C)CN(Cc1ccc(CBr)cc1)c1ccnc(Cl)n1. The zero-order valence-corrected chi connectivity index (χ0v) is 15.5. The summed E-state index contributed by atoms with van der Waals surface area (Å²) in [6.07, 6.45) is 1.70. The molecule has 0 aliphatic rings. The molecule has 0 saturated heterocycles. The zero-order valence-electron chi connectivity index (χ0n) is 13.2. The van der Waals surface area contributed by atoms with E-state index in [2.05, 4.69) is 75.8 Å². The zero-order chi connectivity index (χ0) is 16.2. The summed E-state index contributed by atoms with van der Waals surface area (Å²) in [5.74, 6) is 0.861. The fraction of sp³-hybridized carbons (Fsp3) is 0.412. The van der Waals surface area contributed by atoms with Crippen LogP contribution in [0.4, 0.5) is 5.82 Å². The molecule has 0 fully saturated rings. The van der Waals surface area contributed by atoms with E-state index in [9.17, 15) is 0 Å². The van der Waals surface area contributed by atoms with Crippen LogP contribution < -0.4 is 4.90 Å². The Hall–Kier alpha value is -1.13. The number of halogens is 2. The molecular formula is C17H21BrClN3. The van der Waals surface area contributed by atoms with Gasteiger partial charge in [-0.25, -0.2) is 9.97 Å². The van der Waals surface area contributed by atoms with Crippen LogP contribution in [0.5, 0.6) is 0 Å². The van der Waals surface area contributed by atoms with Crippen LogP contribution in [0.15, 0.2) is 36.5 Å². The fourth-order valence-corrected chi connectivity index (χ4v) is 2.76. The number of rotatable bonds is 5. The molecule has 0 aliphatic carbocycles. The molecule has 1 aromatic heterocycles. The number of benzene rings is 1. The second-order valence-corrected chi connectivity index (χ2v) is 7.45. The van der Waals surface area contributed by atoms with Gasteiger partial charge in [0.2, 0.25) is 5.28 Å². The lowest BCUT2D eigenvalue weighted by molar-refractivity contribution is 0.407.